The van der Waals surface area contributed by atoms with Gasteiger partial charge in [0, 0.05) is 18.7 Å². The van der Waals surface area contributed by atoms with Crippen LogP contribution in [0.15, 0.2) is 33.6 Å². The minimum Gasteiger partial charge on any atom is -0.376 e. The van der Waals surface area contributed by atoms with Crippen molar-refractivity contribution in [1.82, 2.24) is 29.7 Å². The van der Waals surface area contributed by atoms with E-state index in [1.807, 2.05) is 12.1 Å². The van der Waals surface area contributed by atoms with Gasteiger partial charge in [-0.05, 0) is 62.8 Å². The van der Waals surface area contributed by atoms with Crippen molar-refractivity contribution >= 4 is 17.1 Å². The molecule has 7 rings (SSSR count). The van der Waals surface area contributed by atoms with Crippen LogP contribution in [0.25, 0.3) is 34.1 Å². The summed E-state index contributed by atoms with van der Waals surface area (Å²) in [7, 11) is 0. The third-order valence-corrected chi connectivity index (χ3v) is 8.67. The summed E-state index contributed by atoms with van der Waals surface area (Å²) >= 11 is 0. The molecule has 10 nitrogen and oxygen atoms in total. The molecule has 3 aliphatic rings. The number of benzene rings is 1. The zero-order valence-corrected chi connectivity index (χ0v) is 22.0. The highest BCUT2D eigenvalue weighted by atomic mass is 16.5. The minimum absolute atomic E-state index is 0.168. The highest BCUT2D eigenvalue weighted by Gasteiger charge is 2.45. The van der Waals surface area contributed by atoms with Crippen molar-refractivity contribution in [2.75, 3.05) is 24.7 Å². The predicted molar refractivity (Wildman–Crippen MR) is 146 cm³/mol. The lowest BCUT2D eigenvalue weighted by Gasteiger charge is -2.35. The average molecular weight is 526 g/mol. The molecule has 10 heteroatoms. The maximum atomic E-state index is 11.7. The van der Waals surface area contributed by atoms with Crippen LogP contribution in [0.1, 0.15) is 44.1 Å². The number of rotatable bonds is 5. The molecule has 0 bridgehead atoms. The number of nitrogens with zero attached hydrogens (tertiary/aromatic N) is 6. The normalized spacial score (nSPS) is 20.9. The van der Waals surface area contributed by atoms with Crippen LogP contribution < -0.4 is 10.7 Å². The first kappa shape index (κ1) is 24.1. The molecular formula is C29H31N7O3. The molecule has 1 spiro atoms. The Kier molecular flexibility index (Phi) is 5.77. The summed E-state index contributed by atoms with van der Waals surface area (Å²) in [6.07, 6.45) is 13.7. The van der Waals surface area contributed by atoms with Crippen molar-refractivity contribution in [3.8, 4) is 35.2 Å². The van der Waals surface area contributed by atoms with E-state index in [-0.39, 0.29) is 17.7 Å². The van der Waals surface area contributed by atoms with Crippen LogP contribution in [-0.2, 0) is 11.3 Å². The summed E-state index contributed by atoms with van der Waals surface area (Å²) in [5.74, 6) is 3.98. The topological polar surface area (TPSA) is 115 Å². The van der Waals surface area contributed by atoms with Gasteiger partial charge in [-0.1, -0.05) is 34.8 Å². The Balaban J connectivity index is 1.43. The number of aryl methyl sites for hydroxylation is 1. The third kappa shape index (κ3) is 4.40. The molecule has 1 saturated heterocycles. The summed E-state index contributed by atoms with van der Waals surface area (Å²) in [6, 6.07) is 7.99. The standard InChI is InChI=1S/C29H31N7O3/c1-3-21-17-38-14-13-35(21)27-32-24-23(36(27)16-19-7-9-29(10-8-19)11-12-29)22(20-6-4-5-18(2)15-20)30-25(31-24)26-33-28(37)39-34-26/h1,4-6,15,19,21H,7-14,16-17H2,2H3,(H,33,34,37)/t21-/m1/s1. The highest BCUT2D eigenvalue weighted by molar-refractivity contribution is 5.91. The van der Waals surface area contributed by atoms with Gasteiger partial charge in [0.2, 0.25) is 17.6 Å². The number of hydrogen-bond acceptors (Lipinski definition) is 8. The average Bonchev–Trinajstić information content (AvgIpc) is 3.40. The SMILES string of the molecule is C#C[C@@H]1COCCN1c1nc2nc(-c3noc(=O)[nH]3)nc(-c3cccc(C)c3)c2n1CC1CCC2(CC1)CC2. The summed E-state index contributed by atoms with van der Waals surface area (Å²) < 4.78 is 12.7. The predicted octanol–water partition coefficient (Wildman–Crippen LogP) is 3.95. The molecule has 0 amide bonds. The van der Waals surface area contributed by atoms with E-state index in [4.69, 9.17) is 30.6 Å². The van der Waals surface area contributed by atoms with Gasteiger partial charge in [-0.2, -0.15) is 4.98 Å². The monoisotopic (exact) mass is 525 g/mol. The summed E-state index contributed by atoms with van der Waals surface area (Å²) in [6.45, 7) is 4.55. The van der Waals surface area contributed by atoms with Gasteiger partial charge in [-0.15, -0.1) is 6.42 Å². The number of nitrogens with one attached hydrogen (secondary N) is 1. The maximum absolute atomic E-state index is 11.7. The number of hydrogen-bond donors (Lipinski definition) is 1. The Morgan fingerprint density at radius 1 is 1.18 bits per heavy atom. The number of aromatic nitrogens is 6. The van der Waals surface area contributed by atoms with E-state index in [0.717, 1.165) is 34.8 Å². The van der Waals surface area contributed by atoms with Gasteiger partial charge in [0.15, 0.2) is 5.65 Å². The van der Waals surface area contributed by atoms with E-state index in [9.17, 15) is 4.79 Å². The van der Waals surface area contributed by atoms with Crippen molar-refractivity contribution in [3.63, 3.8) is 0 Å². The van der Waals surface area contributed by atoms with Crippen LogP contribution in [0.5, 0.6) is 0 Å². The lowest BCUT2D eigenvalue weighted by Crippen LogP contribution is -2.46. The van der Waals surface area contributed by atoms with Crippen LogP contribution in [0, 0.1) is 30.6 Å². The van der Waals surface area contributed by atoms with E-state index >= 15 is 0 Å². The van der Waals surface area contributed by atoms with Crippen LogP contribution >= 0.6 is 0 Å². The first-order valence-electron chi connectivity index (χ1n) is 13.7. The van der Waals surface area contributed by atoms with E-state index in [2.05, 4.69) is 44.6 Å². The molecule has 1 atom stereocenters. The maximum Gasteiger partial charge on any atom is 0.439 e. The number of terminal acetylenes is 1. The molecule has 200 valence electrons. The second-order valence-corrected chi connectivity index (χ2v) is 11.3. The molecule has 4 aromatic rings. The Morgan fingerprint density at radius 2 is 2.03 bits per heavy atom. The Labute approximate surface area is 225 Å². The van der Waals surface area contributed by atoms with Gasteiger partial charge in [-0.25, -0.2) is 14.8 Å². The molecule has 3 fully saturated rings. The van der Waals surface area contributed by atoms with Crippen molar-refractivity contribution in [3.05, 3.63) is 40.4 Å². The fourth-order valence-corrected chi connectivity index (χ4v) is 6.23. The second kappa shape index (κ2) is 9.35. The molecule has 2 aliphatic carbocycles. The smallest absolute Gasteiger partial charge is 0.376 e. The van der Waals surface area contributed by atoms with Crippen LogP contribution in [0.2, 0.25) is 0 Å². The summed E-state index contributed by atoms with van der Waals surface area (Å²) in [4.78, 5) is 31.3. The minimum atomic E-state index is -0.659. The van der Waals surface area contributed by atoms with Gasteiger partial charge in [0.1, 0.15) is 17.3 Å². The summed E-state index contributed by atoms with van der Waals surface area (Å²) in [5, 5.41) is 3.85. The lowest BCUT2D eigenvalue weighted by atomic mass is 9.80. The van der Waals surface area contributed by atoms with Crippen LogP contribution in [-0.4, -0.2) is 55.5 Å². The number of aromatic amines is 1. The van der Waals surface area contributed by atoms with Crippen molar-refractivity contribution in [2.24, 2.45) is 11.3 Å². The number of fused-ring (bicyclic) bond motifs is 1. The fourth-order valence-electron chi connectivity index (χ4n) is 6.23. The molecule has 1 N–H and O–H groups in total. The Hall–Kier alpha value is -3.97. The largest absolute Gasteiger partial charge is 0.439 e. The molecule has 0 unspecified atom stereocenters. The Morgan fingerprint density at radius 3 is 2.74 bits per heavy atom. The van der Waals surface area contributed by atoms with Gasteiger partial charge >= 0.3 is 5.76 Å². The van der Waals surface area contributed by atoms with E-state index < -0.39 is 5.76 Å². The molecule has 39 heavy (non-hydrogen) atoms. The molecular weight excluding hydrogens is 494 g/mol. The lowest BCUT2D eigenvalue weighted by molar-refractivity contribution is 0.107. The molecule has 3 aromatic heterocycles. The van der Waals surface area contributed by atoms with E-state index in [1.165, 1.54) is 38.5 Å². The van der Waals surface area contributed by atoms with Crippen molar-refractivity contribution < 1.29 is 9.26 Å². The molecule has 1 aliphatic heterocycles. The van der Waals surface area contributed by atoms with Gasteiger partial charge in [-0.3, -0.25) is 9.51 Å². The quantitative estimate of drug-likeness (QED) is 0.390. The second-order valence-electron chi connectivity index (χ2n) is 11.3. The zero-order chi connectivity index (χ0) is 26.6. The molecule has 4 heterocycles. The third-order valence-electron chi connectivity index (χ3n) is 8.67. The molecule has 0 radical (unpaired) electrons. The first-order chi connectivity index (χ1) is 19.0. The number of H-pyrrole nitrogens is 1. The van der Waals surface area contributed by atoms with Crippen LogP contribution in [0.3, 0.4) is 0 Å². The number of ether oxygens (including phenoxy) is 1. The van der Waals surface area contributed by atoms with Gasteiger partial charge in [0.05, 0.1) is 13.2 Å². The fraction of sp³-hybridized carbons (Fsp3) is 0.483. The Bertz CT molecular complexity index is 1630. The van der Waals surface area contributed by atoms with Crippen LogP contribution in [0.4, 0.5) is 5.95 Å². The number of anilines is 1. The molecule has 2 saturated carbocycles. The van der Waals surface area contributed by atoms with E-state index in [0.29, 0.717) is 36.7 Å². The van der Waals surface area contributed by atoms with Crippen molar-refractivity contribution in [1.29, 1.82) is 0 Å². The summed E-state index contributed by atoms with van der Waals surface area (Å²) in [5.41, 5.74) is 4.81. The van der Waals surface area contributed by atoms with Gasteiger partial charge < -0.3 is 14.2 Å². The highest BCUT2D eigenvalue weighted by Crippen LogP contribution is 2.57. The number of imidazole rings is 1. The first-order valence-corrected chi connectivity index (χ1v) is 13.7. The zero-order valence-electron chi connectivity index (χ0n) is 22.0. The van der Waals surface area contributed by atoms with Crippen molar-refractivity contribution in [2.45, 2.75) is 58.0 Å². The van der Waals surface area contributed by atoms with Gasteiger partial charge in [0.25, 0.3) is 0 Å². The molecule has 1 aromatic carbocycles. The number of morpholine rings is 1. The van der Waals surface area contributed by atoms with E-state index in [1.54, 1.807) is 0 Å².